The lowest BCUT2D eigenvalue weighted by Gasteiger charge is -2.23. The molecule has 0 radical (unpaired) electrons. The maximum Gasteiger partial charge on any atom is 0.416 e. The molecule has 20 heavy (non-hydrogen) atoms. The van der Waals surface area contributed by atoms with Crippen molar-refractivity contribution in [2.24, 2.45) is 0 Å². The molecule has 0 fully saturated rings. The first-order valence-electron chi connectivity index (χ1n) is 6.01. The molecule has 0 bridgehead atoms. The van der Waals surface area contributed by atoms with E-state index in [1.165, 1.54) is 20.2 Å². The summed E-state index contributed by atoms with van der Waals surface area (Å²) >= 11 is 0. The van der Waals surface area contributed by atoms with Gasteiger partial charge in [-0.25, -0.2) is 5.06 Å². The topological polar surface area (TPSA) is 29.5 Å². The first-order valence-corrected chi connectivity index (χ1v) is 6.01. The van der Waals surface area contributed by atoms with Crippen LogP contribution >= 0.6 is 0 Å². The van der Waals surface area contributed by atoms with Gasteiger partial charge < -0.3 is 0 Å². The summed E-state index contributed by atoms with van der Waals surface area (Å²) in [6.07, 6.45) is -4.50. The van der Waals surface area contributed by atoms with E-state index in [-0.39, 0.29) is 5.56 Å². The molecule has 0 N–H and O–H groups in total. The lowest BCUT2D eigenvalue weighted by Crippen LogP contribution is -2.26. The molecule has 0 heterocycles. The van der Waals surface area contributed by atoms with Gasteiger partial charge in [-0.3, -0.25) is 9.63 Å². The second-order valence-corrected chi connectivity index (χ2v) is 5.53. The Labute approximate surface area is 116 Å². The molecule has 0 saturated carbocycles. The van der Waals surface area contributed by atoms with Crippen LogP contribution in [0.25, 0.3) is 0 Å². The van der Waals surface area contributed by atoms with Crippen LogP contribution in [0.3, 0.4) is 0 Å². The van der Waals surface area contributed by atoms with Crippen molar-refractivity contribution in [1.82, 2.24) is 5.06 Å². The van der Waals surface area contributed by atoms with Gasteiger partial charge in [0.05, 0.1) is 12.7 Å². The molecule has 1 aromatic rings. The van der Waals surface area contributed by atoms with E-state index in [4.69, 9.17) is 4.84 Å². The summed E-state index contributed by atoms with van der Waals surface area (Å²) in [7, 11) is 2.62. The van der Waals surface area contributed by atoms with E-state index in [0.717, 1.165) is 17.2 Å². The van der Waals surface area contributed by atoms with E-state index in [9.17, 15) is 18.0 Å². The van der Waals surface area contributed by atoms with E-state index in [1.807, 2.05) is 0 Å². The number of rotatable bonds is 2. The molecule has 0 aliphatic heterocycles. The normalized spacial score (nSPS) is 12.4. The van der Waals surface area contributed by atoms with E-state index >= 15 is 0 Å². The van der Waals surface area contributed by atoms with Crippen molar-refractivity contribution in [3.8, 4) is 0 Å². The fourth-order valence-corrected chi connectivity index (χ4v) is 1.61. The van der Waals surface area contributed by atoms with Crippen molar-refractivity contribution in [3.05, 3.63) is 34.9 Å². The van der Waals surface area contributed by atoms with E-state index in [0.29, 0.717) is 5.56 Å². The van der Waals surface area contributed by atoms with Crippen molar-refractivity contribution in [1.29, 1.82) is 0 Å². The molecule has 6 heteroatoms. The van der Waals surface area contributed by atoms with E-state index in [1.54, 1.807) is 20.8 Å². The molecule has 0 spiro atoms. The minimum atomic E-state index is -4.50. The highest BCUT2D eigenvalue weighted by Gasteiger charge is 2.33. The minimum absolute atomic E-state index is 0.0471. The van der Waals surface area contributed by atoms with Crippen molar-refractivity contribution in [3.63, 3.8) is 0 Å². The van der Waals surface area contributed by atoms with Gasteiger partial charge in [0, 0.05) is 12.6 Å². The van der Waals surface area contributed by atoms with Crippen molar-refractivity contribution in [2.75, 3.05) is 14.2 Å². The molecule has 112 valence electrons. The van der Waals surface area contributed by atoms with Crippen LogP contribution in [0.1, 0.15) is 42.3 Å². The standard InChI is InChI=1S/C14H18F3NO2/c1-13(2,3)10-6-9(12(19)18(4)20-5)7-11(8-10)14(15,16)17/h6-8H,1-5H3. The minimum Gasteiger partial charge on any atom is -0.274 e. The van der Waals surface area contributed by atoms with Crippen molar-refractivity contribution >= 4 is 5.91 Å². The molecule has 3 nitrogen and oxygen atoms in total. The second kappa shape index (κ2) is 5.44. The second-order valence-electron chi connectivity index (χ2n) is 5.53. The lowest BCUT2D eigenvalue weighted by molar-refractivity contribution is -0.137. The van der Waals surface area contributed by atoms with Crippen LogP contribution in [0.2, 0.25) is 0 Å². The average Bonchev–Trinajstić information content (AvgIpc) is 2.34. The molecule has 1 rings (SSSR count). The number of carbonyl (C=O) groups excluding carboxylic acids is 1. The predicted octanol–water partition coefficient (Wildman–Crippen LogP) is 3.64. The number of hydrogen-bond acceptors (Lipinski definition) is 2. The highest BCUT2D eigenvalue weighted by molar-refractivity contribution is 5.93. The van der Waals surface area contributed by atoms with Crippen LogP contribution in [-0.4, -0.2) is 25.1 Å². The van der Waals surface area contributed by atoms with Gasteiger partial charge in [0.1, 0.15) is 0 Å². The molecule has 0 aliphatic rings. The van der Waals surface area contributed by atoms with E-state index in [2.05, 4.69) is 0 Å². The van der Waals surface area contributed by atoms with Crippen LogP contribution in [0.5, 0.6) is 0 Å². The number of alkyl halides is 3. The van der Waals surface area contributed by atoms with Gasteiger partial charge in [-0.15, -0.1) is 0 Å². The van der Waals surface area contributed by atoms with Gasteiger partial charge in [0.15, 0.2) is 0 Å². The maximum absolute atomic E-state index is 12.9. The van der Waals surface area contributed by atoms with Crippen molar-refractivity contribution in [2.45, 2.75) is 32.4 Å². The van der Waals surface area contributed by atoms with Gasteiger partial charge in [0.25, 0.3) is 5.91 Å². The monoisotopic (exact) mass is 289 g/mol. The number of benzene rings is 1. The third kappa shape index (κ3) is 3.72. The fraction of sp³-hybridized carbons (Fsp3) is 0.500. The smallest absolute Gasteiger partial charge is 0.274 e. The van der Waals surface area contributed by atoms with Gasteiger partial charge in [-0.05, 0) is 29.2 Å². The SMILES string of the molecule is CON(C)C(=O)c1cc(C(C)(C)C)cc(C(F)(F)F)c1. The molecule has 0 aliphatic carbocycles. The van der Waals surface area contributed by atoms with E-state index < -0.39 is 23.1 Å². The summed E-state index contributed by atoms with van der Waals surface area (Å²) < 4.78 is 38.8. The molecular weight excluding hydrogens is 271 g/mol. The molecule has 0 aromatic heterocycles. The summed E-state index contributed by atoms with van der Waals surface area (Å²) in [6, 6.07) is 3.38. The summed E-state index contributed by atoms with van der Waals surface area (Å²) in [5, 5.41) is 0.891. The Morgan fingerprint density at radius 3 is 2.00 bits per heavy atom. The molecule has 1 amide bonds. The first-order chi connectivity index (χ1) is 8.96. The first kappa shape index (κ1) is 16.5. The Morgan fingerprint density at radius 1 is 1.10 bits per heavy atom. The molecular formula is C14H18F3NO2. The Balaban J connectivity index is 3.42. The zero-order chi connectivity index (χ0) is 15.7. The quantitative estimate of drug-likeness (QED) is 0.778. The number of carbonyl (C=O) groups is 1. The average molecular weight is 289 g/mol. The summed E-state index contributed by atoms with van der Waals surface area (Å²) in [6.45, 7) is 5.37. The Kier molecular flexibility index (Phi) is 4.49. The van der Waals surface area contributed by atoms with Crippen molar-refractivity contribution < 1.29 is 22.8 Å². The summed E-state index contributed by atoms with van der Waals surface area (Å²) in [4.78, 5) is 16.7. The largest absolute Gasteiger partial charge is 0.416 e. The van der Waals surface area contributed by atoms with Gasteiger partial charge in [-0.1, -0.05) is 20.8 Å². The summed E-state index contributed by atoms with van der Waals surface area (Å²) in [5.74, 6) is -0.621. The highest BCUT2D eigenvalue weighted by atomic mass is 19.4. The third-order valence-electron chi connectivity index (χ3n) is 2.93. The number of hydrogen-bond donors (Lipinski definition) is 0. The predicted molar refractivity (Wildman–Crippen MR) is 69.2 cm³/mol. The zero-order valence-electron chi connectivity index (χ0n) is 12.1. The van der Waals surface area contributed by atoms with Crippen LogP contribution in [0.4, 0.5) is 13.2 Å². The van der Waals surface area contributed by atoms with Gasteiger partial charge in [-0.2, -0.15) is 13.2 Å². The number of hydroxylamine groups is 2. The lowest BCUT2D eigenvalue weighted by atomic mass is 9.85. The van der Waals surface area contributed by atoms with Crippen LogP contribution < -0.4 is 0 Å². The third-order valence-corrected chi connectivity index (χ3v) is 2.93. The Morgan fingerprint density at radius 2 is 1.60 bits per heavy atom. The van der Waals surface area contributed by atoms with Crippen LogP contribution in [0, 0.1) is 0 Å². The number of halogens is 3. The number of nitrogens with zero attached hydrogens (tertiary/aromatic N) is 1. The fourth-order valence-electron chi connectivity index (χ4n) is 1.61. The van der Waals surface area contributed by atoms with Gasteiger partial charge >= 0.3 is 6.18 Å². The summed E-state index contributed by atoms with van der Waals surface area (Å²) in [5.41, 5.74) is -0.936. The molecule has 0 atom stereocenters. The molecule has 0 unspecified atom stereocenters. The maximum atomic E-state index is 12.9. The highest BCUT2D eigenvalue weighted by Crippen LogP contribution is 2.34. The Hall–Kier alpha value is -1.56. The Bertz CT molecular complexity index is 472. The van der Waals surface area contributed by atoms with Crippen LogP contribution in [0.15, 0.2) is 18.2 Å². The molecule has 1 aromatic carbocycles. The number of amides is 1. The zero-order valence-corrected chi connectivity index (χ0v) is 12.1. The van der Waals surface area contributed by atoms with Crippen LogP contribution in [-0.2, 0) is 16.4 Å². The van der Waals surface area contributed by atoms with Gasteiger partial charge in [0.2, 0.25) is 0 Å². The molecule has 0 saturated heterocycles.